The Hall–Kier alpha value is -1.82. The molecule has 100 valence electrons. The molecule has 0 saturated carbocycles. The highest BCUT2D eigenvalue weighted by Crippen LogP contribution is 2.02. The third-order valence-electron chi connectivity index (χ3n) is 2.22. The summed E-state index contributed by atoms with van der Waals surface area (Å²) in [7, 11) is 0. The van der Waals surface area contributed by atoms with Gasteiger partial charge in [-0.1, -0.05) is 0 Å². The van der Waals surface area contributed by atoms with E-state index in [1.54, 1.807) is 6.07 Å². The van der Waals surface area contributed by atoms with Crippen LogP contribution >= 0.6 is 0 Å². The van der Waals surface area contributed by atoms with E-state index in [0.717, 1.165) is 0 Å². The molecule has 0 aliphatic carbocycles. The zero-order chi connectivity index (χ0) is 13.5. The predicted octanol–water partition coefficient (Wildman–Crippen LogP) is 0.285. The average molecular weight is 254 g/mol. The number of furan rings is 1. The Labute approximate surface area is 105 Å². The lowest BCUT2D eigenvalue weighted by Crippen LogP contribution is -2.48. The summed E-state index contributed by atoms with van der Waals surface area (Å²) in [4.78, 5) is 23.5. The molecular formula is C12H18N2O4. The highest BCUT2D eigenvalue weighted by atomic mass is 16.3. The van der Waals surface area contributed by atoms with Gasteiger partial charge in [0.05, 0.1) is 6.26 Å². The summed E-state index contributed by atoms with van der Waals surface area (Å²) >= 11 is 0. The fourth-order valence-electron chi connectivity index (χ4n) is 1.42. The fourth-order valence-corrected chi connectivity index (χ4v) is 1.42. The zero-order valence-corrected chi connectivity index (χ0v) is 10.5. The fraction of sp³-hybridized carbons (Fsp3) is 0.500. The monoisotopic (exact) mass is 254 g/mol. The van der Waals surface area contributed by atoms with Gasteiger partial charge in [0.1, 0.15) is 6.04 Å². The Kier molecular flexibility index (Phi) is 5.38. The lowest BCUT2D eigenvalue weighted by molar-refractivity contribution is -0.123. The van der Waals surface area contributed by atoms with Crippen LogP contribution < -0.4 is 10.6 Å². The molecule has 18 heavy (non-hydrogen) atoms. The molecule has 1 aromatic rings. The highest BCUT2D eigenvalue weighted by Gasteiger charge is 2.22. The van der Waals surface area contributed by atoms with Crippen molar-refractivity contribution in [1.29, 1.82) is 0 Å². The van der Waals surface area contributed by atoms with E-state index in [9.17, 15) is 9.59 Å². The third kappa shape index (κ3) is 4.21. The van der Waals surface area contributed by atoms with Crippen LogP contribution in [0.15, 0.2) is 22.8 Å². The molecule has 3 N–H and O–H groups in total. The summed E-state index contributed by atoms with van der Waals surface area (Å²) in [5.41, 5.74) is 0. The van der Waals surface area contributed by atoms with Crippen LogP contribution in [0.2, 0.25) is 0 Å². The molecule has 0 radical (unpaired) electrons. The number of rotatable bonds is 6. The summed E-state index contributed by atoms with van der Waals surface area (Å²) in [5.74, 6) is -0.661. The Balaban J connectivity index is 2.62. The topological polar surface area (TPSA) is 91.6 Å². The van der Waals surface area contributed by atoms with E-state index in [1.165, 1.54) is 12.3 Å². The molecule has 1 atom stereocenters. The number of carbonyl (C=O) groups is 2. The molecule has 0 spiro atoms. The maximum absolute atomic E-state index is 11.8. The van der Waals surface area contributed by atoms with Crippen LogP contribution in [0.1, 0.15) is 30.8 Å². The molecule has 0 saturated heterocycles. The van der Waals surface area contributed by atoms with Crippen LogP contribution in [-0.2, 0) is 4.79 Å². The first-order chi connectivity index (χ1) is 8.54. The largest absolute Gasteiger partial charge is 0.459 e. The molecule has 0 unspecified atom stereocenters. The molecule has 6 nitrogen and oxygen atoms in total. The predicted molar refractivity (Wildman–Crippen MR) is 64.9 cm³/mol. The van der Waals surface area contributed by atoms with Crippen molar-refractivity contribution in [3.63, 3.8) is 0 Å². The second-order valence-electron chi connectivity index (χ2n) is 4.18. The van der Waals surface area contributed by atoms with Crippen LogP contribution in [0.5, 0.6) is 0 Å². The highest BCUT2D eigenvalue weighted by molar-refractivity contribution is 5.95. The van der Waals surface area contributed by atoms with Crippen LogP contribution in [0.4, 0.5) is 0 Å². The molecule has 2 amide bonds. The van der Waals surface area contributed by atoms with Crippen LogP contribution in [0.3, 0.4) is 0 Å². The first-order valence-electron chi connectivity index (χ1n) is 5.80. The molecule has 0 aliphatic rings. The molecule has 1 aromatic heterocycles. The van der Waals surface area contributed by atoms with Gasteiger partial charge in [0.2, 0.25) is 5.91 Å². The molecule has 0 fully saturated rings. The Morgan fingerprint density at radius 2 is 2.11 bits per heavy atom. The van der Waals surface area contributed by atoms with E-state index in [2.05, 4.69) is 10.6 Å². The second kappa shape index (κ2) is 6.80. The standard InChI is InChI=1S/C12H18N2O4/c1-8(2)13-11(16)9(5-6-15)14-12(17)10-4-3-7-18-10/h3-4,7-9,15H,5-6H2,1-2H3,(H,13,16)(H,14,17)/t9-/m0/s1. The van der Waals surface area contributed by atoms with Gasteiger partial charge in [-0.25, -0.2) is 0 Å². The lowest BCUT2D eigenvalue weighted by atomic mass is 10.2. The minimum absolute atomic E-state index is 0.0285. The van der Waals surface area contributed by atoms with Crippen LogP contribution in [-0.4, -0.2) is 35.6 Å². The maximum atomic E-state index is 11.8. The smallest absolute Gasteiger partial charge is 0.287 e. The van der Waals surface area contributed by atoms with E-state index in [4.69, 9.17) is 9.52 Å². The Bertz CT molecular complexity index is 387. The summed E-state index contributed by atoms with van der Waals surface area (Å²) < 4.78 is 4.93. The van der Waals surface area contributed by atoms with E-state index in [-0.39, 0.29) is 30.7 Å². The normalized spacial score (nSPS) is 12.2. The van der Waals surface area contributed by atoms with E-state index in [1.807, 2.05) is 13.8 Å². The van der Waals surface area contributed by atoms with Crippen molar-refractivity contribution in [1.82, 2.24) is 10.6 Å². The zero-order valence-electron chi connectivity index (χ0n) is 10.5. The van der Waals surface area contributed by atoms with Gasteiger partial charge in [0.25, 0.3) is 5.91 Å². The number of aliphatic hydroxyl groups is 1. The molecular weight excluding hydrogens is 236 g/mol. The van der Waals surface area contributed by atoms with Crippen molar-refractivity contribution >= 4 is 11.8 Å². The first-order valence-corrected chi connectivity index (χ1v) is 5.80. The van der Waals surface area contributed by atoms with Gasteiger partial charge in [0.15, 0.2) is 5.76 Å². The van der Waals surface area contributed by atoms with E-state index < -0.39 is 11.9 Å². The number of carbonyl (C=O) groups excluding carboxylic acids is 2. The molecule has 1 rings (SSSR count). The van der Waals surface area contributed by atoms with Crippen molar-refractivity contribution in [2.45, 2.75) is 32.4 Å². The second-order valence-corrected chi connectivity index (χ2v) is 4.18. The number of hydrogen-bond acceptors (Lipinski definition) is 4. The van der Waals surface area contributed by atoms with Crippen molar-refractivity contribution in [2.75, 3.05) is 6.61 Å². The average Bonchev–Trinajstić information content (AvgIpc) is 2.80. The van der Waals surface area contributed by atoms with Crippen molar-refractivity contribution in [3.05, 3.63) is 24.2 Å². The molecule has 0 aliphatic heterocycles. The van der Waals surface area contributed by atoms with Gasteiger partial charge >= 0.3 is 0 Å². The van der Waals surface area contributed by atoms with Gasteiger partial charge in [-0.15, -0.1) is 0 Å². The minimum atomic E-state index is -0.769. The summed E-state index contributed by atoms with van der Waals surface area (Å²) in [5, 5.41) is 14.1. The molecule has 0 bridgehead atoms. The van der Waals surface area contributed by atoms with Crippen molar-refractivity contribution in [3.8, 4) is 0 Å². The number of nitrogens with one attached hydrogen (secondary N) is 2. The molecule has 0 aromatic carbocycles. The minimum Gasteiger partial charge on any atom is -0.459 e. The summed E-state index contributed by atoms with van der Waals surface area (Å²) in [6.45, 7) is 3.46. The van der Waals surface area contributed by atoms with Gasteiger partial charge < -0.3 is 20.2 Å². The van der Waals surface area contributed by atoms with Gasteiger partial charge in [-0.05, 0) is 32.4 Å². The quantitative estimate of drug-likeness (QED) is 0.680. The SMILES string of the molecule is CC(C)NC(=O)[C@H](CCO)NC(=O)c1ccco1. The maximum Gasteiger partial charge on any atom is 0.287 e. The number of amides is 2. The van der Waals surface area contributed by atoms with Gasteiger partial charge in [0, 0.05) is 12.6 Å². The molecule has 1 heterocycles. The van der Waals surface area contributed by atoms with Crippen molar-refractivity contribution in [2.24, 2.45) is 0 Å². The Morgan fingerprint density at radius 3 is 2.61 bits per heavy atom. The Morgan fingerprint density at radius 1 is 1.39 bits per heavy atom. The number of aliphatic hydroxyl groups excluding tert-OH is 1. The summed E-state index contributed by atoms with van der Waals surface area (Å²) in [6.07, 6.45) is 1.54. The van der Waals surface area contributed by atoms with Crippen molar-refractivity contribution < 1.29 is 19.1 Å². The first kappa shape index (κ1) is 14.2. The van der Waals surface area contributed by atoms with E-state index >= 15 is 0 Å². The van der Waals surface area contributed by atoms with Crippen LogP contribution in [0, 0.1) is 0 Å². The molecule has 6 heteroatoms. The number of hydrogen-bond donors (Lipinski definition) is 3. The lowest BCUT2D eigenvalue weighted by Gasteiger charge is -2.18. The van der Waals surface area contributed by atoms with Crippen LogP contribution in [0.25, 0.3) is 0 Å². The third-order valence-corrected chi connectivity index (χ3v) is 2.22. The van der Waals surface area contributed by atoms with Gasteiger partial charge in [-0.2, -0.15) is 0 Å². The van der Waals surface area contributed by atoms with E-state index in [0.29, 0.717) is 0 Å². The van der Waals surface area contributed by atoms with Gasteiger partial charge in [-0.3, -0.25) is 9.59 Å². The summed E-state index contributed by atoms with van der Waals surface area (Å²) in [6, 6.07) is 2.30.